The van der Waals surface area contributed by atoms with Crippen molar-refractivity contribution in [3.05, 3.63) is 34.1 Å². The van der Waals surface area contributed by atoms with Gasteiger partial charge in [0.1, 0.15) is 5.82 Å². The molecule has 3 nitrogen and oxygen atoms in total. The highest BCUT2D eigenvalue weighted by molar-refractivity contribution is 9.10. The smallest absolute Gasteiger partial charge is 0.124 e. The second-order valence-corrected chi connectivity index (χ2v) is 6.96. The van der Waals surface area contributed by atoms with Crippen molar-refractivity contribution >= 4 is 15.9 Å². The van der Waals surface area contributed by atoms with E-state index in [4.69, 9.17) is 5.73 Å². The minimum atomic E-state index is -0.231. The van der Waals surface area contributed by atoms with Gasteiger partial charge in [0.2, 0.25) is 0 Å². The third-order valence-electron chi connectivity index (χ3n) is 3.42. The standard InChI is InChI=1S/C16H27BrFN3/c1-12(2)11-21(8-7-20(3)4)16(10-19)14-6-5-13(18)9-15(14)17/h5-6,9,12,16H,7-8,10-11,19H2,1-4H3. The molecule has 21 heavy (non-hydrogen) atoms. The van der Waals surface area contributed by atoms with Crippen LogP contribution in [0.2, 0.25) is 0 Å². The minimum absolute atomic E-state index is 0.0994. The zero-order valence-electron chi connectivity index (χ0n) is 13.4. The molecule has 5 heteroatoms. The van der Waals surface area contributed by atoms with E-state index < -0.39 is 0 Å². The molecule has 0 saturated carbocycles. The number of rotatable bonds is 8. The number of likely N-dealkylation sites (N-methyl/N-ethyl adjacent to an activating group) is 1. The first-order valence-electron chi connectivity index (χ1n) is 7.39. The molecule has 0 aliphatic rings. The normalized spacial score (nSPS) is 13.4. The summed E-state index contributed by atoms with van der Waals surface area (Å²) in [4.78, 5) is 4.56. The fourth-order valence-corrected chi connectivity index (χ4v) is 3.03. The summed E-state index contributed by atoms with van der Waals surface area (Å²) in [5.41, 5.74) is 7.08. The molecule has 1 aromatic carbocycles. The van der Waals surface area contributed by atoms with Crippen LogP contribution in [0.4, 0.5) is 4.39 Å². The Balaban J connectivity index is 2.98. The highest BCUT2D eigenvalue weighted by Gasteiger charge is 2.22. The van der Waals surface area contributed by atoms with Crippen molar-refractivity contribution in [1.82, 2.24) is 9.80 Å². The Morgan fingerprint density at radius 3 is 2.38 bits per heavy atom. The maximum atomic E-state index is 13.3. The molecule has 1 aromatic rings. The lowest BCUT2D eigenvalue weighted by Gasteiger charge is -2.34. The third-order valence-corrected chi connectivity index (χ3v) is 4.11. The summed E-state index contributed by atoms with van der Waals surface area (Å²) in [5.74, 6) is 0.325. The summed E-state index contributed by atoms with van der Waals surface area (Å²) in [7, 11) is 4.14. The lowest BCUT2D eigenvalue weighted by Crippen LogP contribution is -2.40. The summed E-state index contributed by atoms with van der Waals surface area (Å²) in [6, 6.07) is 4.95. The van der Waals surface area contributed by atoms with E-state index in [2.05, 4.69) is 53.7 Å². The molecular formula is C16H27BrFN3. The minimum Gasteiger partial charge on any atom is -0.329 e. The Bertz CT molecular complexity index is 438. The van der Waals surface area contributed by atoms with Crippen LogP contribution in [0, 0.1) is 11.7 Å². The molecule has 1 unspecified atom stereocenters. The predicted molar refractivity (Wildman–Crippen MR) is 90.9 cm³/mol. The quantitative estimate of drug-likeness (QED) is 0.773. The number of nitrogens with two attached hydrogens (primary N) is 1. The first-order valence-corrected chi connectivity index (χ1v) is 8.18. The van der Waals surface area contributed by atoms with Gasteiger partial charge in [0, 0.05) is 36.7 Å². The van der Waals surface area contributed by atoms with E-state index in [9.17, 15) is 4.39 Å². The summed E-state index contributed by atoms with van der Waals surface area (Å²) in [6.45, 7) is 7.81. The average Bonchev–Trinajstić information content (AvgIpc) is 2.38. The first kappa shape index (κ1) is 18.6. The Morgan fingerprint density at radius 2 is 1.90 bits per heavy atom. The number of halogens is 2. The fraction of sp³-hybridized carbons (Fsp3) is 0.625. The molecule has 0 saturated heterocycles. The number of hydrogen-bond acceptors (Lipinski definition) is 3. The molecule has 1 rings (SSSR count). The molecule has 0 bridgehead atoms. The second kappa shape index (κ2) is 8.83. The van der Waals surface area contributed by atoms with Gasteiger partial charge in [0.25, 0.3) is 0 Å². The van der Waals surface area contributed by atoms with Crippen LogP contribution in [0.25, 0.3) is 0 Å². The zero-order valence-corrected chi connectivity index (χ0v) is 15.0. The third kappa shape index (κ3) is 6.02. The van der Waals surface area contributed by atoms with Crippen LogP contribution >= 0.6 is 15.9 Å². The molecule has 0 fully saturated rings. The van der Waals surface area contributed by atoms with Gasteiger partial charge in [-0.25, -0.2) is 4.39 Å². The van der Waals surface area contributed by atoms with Gasteiger partial charge in [-0.15, -0.1) is 0 Å². The van der Waals surface area contributed by atoms with Gasteiger partial charge in [0.05, 0.1) is 0 Å². The van der Waals surface area contributed by atoms with Crippen LogP contribution in [-0.2, 0) is 0 Å². The molecular weight excluding hydrogens is 333 g/mol. The van der Waals surface area contributed by atoms with Gasteiger partial charge >= 0.3 is 0 Å². The topological polar surface area (TPSA) is 32.5 Å². The van der Waals surface area contributed by atoms with Crippen LogP contribution in [0.5, 0.6) is 0 Å². The van der Waals surface area contributed by atoms with Crippen molar-refractivity contribution in [1.29, 1.82) is 0 Å². The lowest BCUT2D eigenvalue weighted by molar-refractivity contribution is 0.163. The molecule has 0 aliphatic heterocycles. The fourth-order valence-electron chi connectivity index (χ4n) is 2.42. The summed E-state index contributed by atoms with van der Waals surface area (Å²) < 4.78 is 14.1. The maximum Gasteiger partial charge on any atom is 0.124 e. The van der Waals surface area contributed by atoms with Gasteiger partial charge in [-0.3, -0.25) is 4.90 Å². The Kier molecular flexibility index (Phi) is 7.81. The number of benzene rings is 1. The van der Waals surface area contributed by atoms with Crippen LogP contribution in [0.1, 0.15) is 25.5 Å². The summed E-state index contributed by atoms with van der Waals surface area (Å²) in [6.07, 6.45) is 0. The van der Waals surface area contributed by atoms with E-state index >= 15 is 0 Å². The van der Waals surface area contributed by atoms with Gasteiger partial charge in [-0.1, -0.05) is 35.8 Å². The number of hydrogen-bond donors (Lipinski definition) is 1. The molecule has 120 valence electrons. The van der Waals surface area contributed by atoms with E-state index in [-0.39, 0.29) is 11.9 Å². The molecule has 0 aliphatic carbocycles. The molecule has 0 aromatic heterocycles. The van der Waals surface area contributed by atoms with Crippen LogP contribution < -0.4 is 5.73 Å². The first-order chi connectivity index (χ1) is 9.85. The summed E-state index contributed by atoms with van der Waals surface area (Å²) >= 11 is 3.47. The van der Waals surface area contributed by atoms with Crippen molar-refractivity contribution in [3.63, 3.8) is 0 Å². The van der Waals surface area contributed by atoms with Crippen molar-refractivity contribution < 1.29 is 4.39 Å². The van der Waals surface area contributed by atoms with Gasteiger partial charge in [-0.2, -0.15) is 0 Å². The van der Waals surface area contributed by atoms with Gasteiger partial charge in [-0.05, 0) is 37.7 Å². The van der Waals surface area contributed by atoms with Crippen molar-refractivity contribution in [2.75, 3.05) is 40.3 Å². The average molecular weight is 360 g/mol. The largest absolute Gasteiger partial charge is 0.329 e. The SMILES string of the molecule is CC(C)CN(CCN(C)C)C(CN)c1ccc(F)cc1Br. The summed E-state index contributed by atoms with van der Waals surface area (Å²) in [5, 5.41) is 0. The van der Waals surface area contributed by atoms with Crippen LogP contribution in [0.3, 0.4) is 0 Å². The highest BCUT2D eigenvalue weighted by atomic mass is 79.9. The molecule has 0 spiro atoms. The van der Waals surface area contributed by atoms with Gasteiger partial charge < -0.3 is 10.6 Å². The maximum absolute atomic E-state index is 13.3. The second-order valence-electron chi connectivity index (χ2n) is 6.11. The van der Waals surface area contributed by atoms with Gasteiger partial charge in [0.15, 0.2) is 0 Å². The van der Waals surface area contributed by atoms with Crippen molar-refractivity contribution in [2.24, 2.45) is 11.7 Å². The molecule has 0 radical (unpaired) electrons. The molecule has 0 amide bonds. The molecule has 2 N–H and O–H groups in total. The Labute approximate surface area is 136 Å². The van der Waals surface area contributed by atoms with Crippen molar-refractivity contribution in [2.45, 2.75) is 19.9 Å². The van der Waals surface area contributed by atoms with E-state index in [1.54, 1.807) is 0 Å². The van der Waals surface area contributed by atoms with E-state index in [1.807, 2.05) is 6.07 Å². The highest BCUT2D eigenvalue weighted by Crippen LogP contribution is 2.28. The molecule has 1 atom stereocenters. The Morgan fingerprint density at radius 1 is 1.24 bits per heavy atom. The lowest BCUT2D eigenvalue weighted by atomic mass is 10.0. The van der Waals surface area contributed by atoms with Crippen LogP contribution in [0.15, 0.2) is 22.7 Å². The van der Waals surface area contributed by atoms with E-state index in [0.717, 1.165) is 29.7 Å². The zero-order chi connectivity index (χ0) is 16.0. The van der Waals surface area contributed by atoms with Crippen LogP contribution in [-0.4, -0.2) is 50.1 Å². The van der Waals surface area contributed by atoms with E-state index in [0.29, 0.717) is 12.5 Å². The van der Waals surface area contributed by atoms with Crippen molar-refractivity contribution in [3.8, 4) is 0 Å². The monoisotopic (exact) mass is 359 g/mol. The Hall–Kier alpha value is -0.490. The molecule has 0 heterocycles. The van der Waals surface area contributed by atoms with E-state index in [1.165, 1.54) is 12.1 Å². The predicted octanol–water partition coefficient (Wildman–Crippen LogP) is 3.11. The number of nitrogens with zero attached hydrogens (tertiary/aromatic N) is 2.